The zero-order valence-corrected chi connectivity index (χ0v) is 7.95. The maximum Gasteiger partial charge on any atom is 0.129 e. The molecule has 2 rings (SSSR count). The van der Waals surface area contributed by atoms with Crippen molar-refractivity contribution in [1.82, 2.24) is 9.97 Å². The van der Waals surface area contributed by atoms with Crippen molar-refractivity contribution < 1.29 is 0 Å². The number of hydrogen-bond donors (Lipinski definition) is 1. The molecule has 0 radical (unpaired) electrons. The highest BCUT2D eigenvalue weighted by Gasteiger charge is 2.20. The van der Waals surface area contributed by atoms with Crippen molar-refractivity contribution in [2.75, 3.05) is 11.9 Å². The Morgan fingerprint density at radius 1 is 1.54 bits per heavy atom. The number of nitrogens with zero attached hydrogens (tertiary/aromatic N) is 2. The van der Waals surface area contributed by atoms with Crippen LogP contribution in [-0.2, 0) is 0 Å². The van der Waals surface area contributed by atoms with Crippen molar-refractivity contribution >= 4 is 5.82 Å². The highest BCUT2D eigenvalue weighted by Crippen LogP contribution is 2.31. The van der Waals surface area contributed by atoms with Gasteiger partial charge in [-0.1, -0.05) is 12.8 Å². The van der Waals surface area contributed by atoms with E-state index >= 15 is 0 Å². The molecule has 3 heteroatoms. The molecule has 1 heterocycles. The van der Waals surface area contributed by atoms with Crippen molar-refractivity contribution in [3.8, 4) is 0 Å². The first-order valence-electron chi connectivity index (χ1n) is 4.88. The minimum atomic E-state index is 0.830. The second kappa shape index (κ2) is 3.73. The molecule has 0 aliphatic heterocycles. The summed E-state index contributed by atoms with van der Waals surface area (Å²) < 4.78 is 0. The number of aryl methyl sites for hydroxylation is 1. The largest absolute Gasteiger partial charge is 0.370 e. The number of aromatic nitrogens is 2. The van der Waals surface area contributed by atoms with Crippen molar-refractivity contribution in [2.24, 2.45) is 5.92 Å². The third kappa shape index (κ3) is 2.68. The Morgan fingerprint density at radius 3 is 3.08 bits per heavy atom. The lowest BCUT2D eigenvalue weighted by molar-refractivity contribution is 0.757. The maximum atomic E-state index is 4.27. The molecular weight excluding hydrogens is 162 g/mol. The fraction of sp³-hybridized carbons (Fsp3) is 0.600. The Balaban J connectivity index is 1.79. The van der Waals surface area contributed by atoms with Crippen LogP contribution in [0.2, 0.25) is 0 Å². The molecule has 1 aromatic heterocycles. The monoisotopic (exact) mass is 177 g/mol. The Hall–Kier alpha value is -1.12. The van der Waals surface area contributed by atoms with E-state index in [-0.39, 0.29) is 0 Å². The van der Waals surface area contributed by atoms with Crippen LogP contribution in [0.25, 0.3) is 0 Å². The van der Waals surface area contributed by atoms with E-state index in [0.717, 1.165) is 24.1 Å². The number of anilines is 1. The van der Waals surface area contributed by atoms with Crippen LogP contribution >= 0.6 is 0 Å². The van der Waals surface area contributed by atoms with E-state index in [4.69, 9.17) is 0 Å². The van der Waals surface area contributed by atoms with Crippen LogP contribution in [0.1, 0.15) is 25.1 Å². The van der Waals surface area contributed by atoms with E-state index in [1.54, 1.807) is 6.20 Å². The molecule has 1 aliphatic rings. The molecule has 1 fully saturated rings. The van der Waals surface area contributed by atoms with E-state index in [9.17, 15) is 0 Å². The SMILES string of the molecule is Cc1nccc(NCCC2CC2)n1. The normalized spacial score (nSPS) is 15.8. The molecule has 0 amide bonds. The summed E-state index contributed by atoms with van der Waals surface area (Å²) >= 11 is 0. The number of nitrogens with one attached hydrogen (secondary N) is 1. The molecule has 70 valence electrons. The summed E-state index contributed by atoms with van der Waals surface area (Å²) in [5.41, 5.74) is 0. The summed E-state index contributed by atoms with van der Waals surface area (Å²) in [6.45, 7) is 2.95. The van der Waals surface area contributed by atoms with Crippen LogP contribution in [-0.4, -0.2) is 16.5 Å². The van der Waals surface area contributed by atoms with Crippen molar-refractivity contribution in [2.45, 2.75) is 26.2 Å². The minimum Gasteiger partial charge on any atom is -0.370 e. The zero-order chi connectivity index (χ0) is 9.10. The molecule has 1 saturated carbocycles. The maximum absolute atomic E-state index is 4.27. The van der Waals surface area contributed by atoms with Gasteiger partial charge >= 0.3 is 0 Å². The molecule has 1 aliphatic carbocycles. The Labute approximate surface area is 78.6 Å². The minimum absolute atomic E-state index is 0.830. The van der Waals surface area contributed by atoms with E-state index in [1.807, 2.05) is 13.0 Å². The van der Waals surface area contributed by atoms with Gasteiger partial charge in [-0.2, -0.15) is 0 Å². The van der Waals surface area contributed by atoms with Gasteiger partial charge in [0.05, 0.1) is 0 Å². The summed E-state index contributed by atoms with van der Waals surface area (Å²) in [5.74, 6) is 2.76. The summed E-state index contributed by atoms with van der Waals surface area (Å²) in [7, 11) is 0. The molecule has 0 bridgehead atoms. The first kappa shape index (κ1) is 8.48. The summed E-state index contributed by atoms with van der Waals surface area (Å²) in [4.78, 5) is 8.31. The molecule has 13 heavy (non-hydrogen) atoms. The van der Waals surface area contributed by atoms with Gasteiger partial charge in [0, 0.05) is 12.7 Å². The predicted octanol–water partition coefficient (Wildman–Crippen LogP) is 2.00. The summed E-state index contributed by atoms with van der Waals surface area (Å²) in [6.07, 6.45) is 5.92. The van der Waals surface area contributed by atoms with E-state index in [1.165, 1.54) is 19.3 Å². The molecule has 0 aromatic carbocycles. The van der Waals surface area contributed by atoms with Gasteiger partial charge < -0.3 is 5.32 Å². The molecule has 1 N–H and O–H groups in total. The van der Waals surface area contributed by atoms with Gasteiger partial charge in [0.25, 0.3) is 0 Å². The van der Waals surface area contributed by atoms with Crippen LogP contribution in [0.15, 0.2) is 12.3 Å². The van der Waals surface area contributed by atoms with Crippen LogP contribution in [0.5, 0.6) is 0 Å². The van der Waals surface area contributed by atoms with E-state index < -0.39 is 0 Å². The lowest BCUT2D eigenvalue weighted by Gasteiger charge is -2.04. The lowest BCUT2D eigenvalue weighted by atomic mass is 10.3. The van der Waals surface area contributed by atoms with Gasteiger partial charge in [0.2, 0.25) is 0 Å². The molecular formula is C10H15N3. The molecule has 0 saturated heterocycles. The Kier molecular flexibility index (Phi) is 2.43. The average Bonchev–Trinajstić information content (AvgIpc) is 2.88. The third-order valence-corrected chi connectivity index (χ3v) is 2.33. The van der Waals surface area contributed by atoms with Gasteiger partial charge in [0.1, 0.15) is 11.6 Å². The zero-order valence-electron chi connectivity index (χ0n) is 7.95. The predicted molar refractivity (Wildman–Crippen MR) is 52.6 cm³/mol. The summed E-state index contributed by atoms with van der Waals surface area (Å²) in [5, 5.41) is 3.31. The van der Waals surface area contributed by atoms with Crippen molar-refractivity contribution in [1.29, 1.82) is 0 Å². The van der Waals surface area contributed by atoms with Gasteiger partial charge in [-0.25, -0.2) is 9.97 Å². The van der Waals surface area contributed by atoms with Crippen LogP contribution in [0, 0.1) is 12.8 Å². The highest BCUT2D eigenvalue weighted by atomic mass is 15.0. The van der Waals surface area contributed by atoms with Crippen LogP contribution < -0.4 is 5.32 Å². The fourth-order valence-corrected chi connectivity index (χ4v) is 1.37. The standard InChI is InChI=1S/C10H15N3/c1-8-11-7-5-10(13-8)12-6-4-9-2-3-9/h5,7,9H,2-4,6H2,1H3,(H,11,12,13). The summed E-state index contributed by atoms with van der Waals surface area (Å²) in [6, 6.07) is 1.92. The van der Waals surface area contributed by atoms with Crippen LogP contribution in [0.3, 0.4) is 0 Å². The van der Waals surface area contributed by atoms with Gasteiger partial charge in [0.15, 0.2) is 0 Å². The van der Waals surface area contributed by atoms with E-state index in [0.29, 0.717) is 0 Å². The third-order valence-electron chi connectivity index (χ3n) is 2.33. The van der Waals surface area contributed by atoms with Crippen molar-refractivity contribution in [3.05, 3.63) is 18.1 Å². The second-order valence-corrected chi connectivity index (χ2v) is 3.65. The topological polar surface area (TPSA) is 37.8 Å². The number of hydrogen-bond acceptors (Lipinski definition) is 3. The molecule has 0 atom stereocenters. The lowest BCUT2D eigenvalue weighted by Crippen LogP contribution is -2.04. The average molecular weight is 177 g/mol. The highest BCUT2D eigenvalue weighted by molar-refractivity contribution is 5.32. The first-order valence-corrected chi connectivity index (χ1v) is 4.88. The Bertz CT molecular complexity index is 281. The smallest absolute Gasteiger partial charge is 0.129 e. The molecule has 3 nitrogen and oxygen atoms in total. The van der Waals surface area contributed by atoms with Crippen molar-refractivity contribution in [3.63, 3.8) is 0 Å². The molecule has 0 spiro atoms. The van der Waals surface area contributed by atoms with Gasteiger partial charge in [-0.15, -0.1) is 0 Å². The fourth-order valence-electron chi connectivity index (χ4n) is 1.37. The molecule has 0 unspecified atom stereocenters. The van der Waals surface area contributed by atoms with E-state index in [2.05, 4.69) is 15.3 Å². The second-order valence-electron chi connectivity index (χ2n) is 3.65. The molecule has 1 aromatic rings. The van der Waals surface area contributed by atoms with Gasteiger partial charge in [-0.05, 0) is 25.3 Å². The number of rotatable bonds is 4. The Morgan fingerprint density at radius 2 is 2.38 bits per heavy atom. The van der Waals surface area contributed by atoms with Crippen LogP contribution in [0.4, 0.5) is 5.82 Å². The van der Waals surface area contributed by atoms with Gasteiger partial charge in [-0.3, -0.25) is 0 Å². The first-order chi connectivity index (χ1) is 6.34. The quantitative estimate of drug-likeness (QED) is 0.764.